The molecule has 92 valence electrons. The second kappa shape index (κ2) is 4.78. The Labute approximate surface area is 113 Å². The maximum atomic E-state index is 12.1. The van der Waals surface area contributed by atoms with Gasteiger partial charge in [-0.3, -0.25) is 14.7 Å². The van der Waals surface area contributed by atoms with Gasteiger partial charge in [0.25, 0.3) is 5.91 Å². The SMILES string of the molecule is Cc1cccc(C(=O)N=C2SSC3=NCCN32)c1. The van der Waals surface area contributed by atoms with Crippen LogP contribution in [-0.2, 0) is 0 Å². The third kappa shape index (κ3) is 2.18. The van der Waals surface area contributed by atoms with Gasteiger partial charge in [-0.15, -0.1) is 0 Å². The summed E-state index contributed by atoms with van der Waals surface area (Å²) in [7, 11) is 3.07. The molecule has 2 aliphatic rings. The van der Waals surface area contributed by atoms with Crippen LogP contribution in [0.4, 0.5) is 0 Å². The summed E-state index contributed by atoms with van der Waals surface area (Å²) in [5.74, 6) is -0.185. The maximum Gasteiger partial charge on any atom is 0.279 e. The number of benzene rings is 1. The fraction of sp³-hybridized carbons (Fsp3) is 0.250. The quantitative estimate of drug-likeness (QED) is 0.740. The standard InChI is InChI=1S/C12H11N3OS2/c1-8-3-2-4-9(7-8)10(16)14-12-15-6-5-13-11(15)17-18-12/h2-4,7H,5-6H2,1H3. The molecule has 1 fully saturated rings. The van der Waals surface area contributed by atoms with Crippen LogP contribution in [0.25, 0.3) is 0 Å². The van der Waals surface area contributed by atoms with Crippen LogP contribution in [-0.4, -0.2) is 34.2 Å². The first kappa shape index (κ1) is 11.8. The molecule has 6 heteroatoms. The highest BCUT2D eigenvalue weighted by atomic mass is 33.1. The predicted molar refractivity (Wildman–Crippen MR) is 77.1 cm³/mol. The van der Waals surface area contributed by atoms with E-state index in [9.17, 15) is 4.79 Å². The maximum absolute atomic E-state index is 12.1. The number of amidine groups is 2. The van der Waals surface area contributed by atoms with Crippen molar-refractivity contribution in [1.29, 1.82) is 0 Å². The summed E-state index contributed by atoms with van der Waals surface area (Å²) < 4.78 is 0. The van der Waals surface area contributed by atoms with Crippen molar-refractivity contribution < 1.29 is 4.79 Å². The van der Waals surface area contributed by atoms with Crippen molar-refractivity contribution in [2.45, 2.75) is 6.92 Å². The number of carbonyl (C=O) groups is 1. The highest BCUT2D eigenvalue weighted by molar-refractivity contribution is 8.88. The molecule has 0 N–H and O–H groups in total. The average Bonchev–Trinajstić information content (AvgIpc) is 2.94. The summed E-state index contributed by atoms with van der Waals surface area (Å²) >= 11 is 0. The first-order valence-electron chi connectivity index (χ1n) is 5.60. The lowest BCUT2D eigenvalue weighted by Gasteiger charge is -2.09. The van der Waals surface area contributed by atoms with Gasteiger partial charge in [0.2, 0.25) is 0 Å². The van der Waals surface area contributed by atoms with E-state index in [1.807, 2.05) is 30.0 Å². The van der Waals surface area contributed by atoms with E-state index >= 15 is 0 Å². The molecule has 2 aliphatic heterocycles. The van der Waals surface area contributed by atoms with E-state index < -0.39 is 0 Å². The number of carbonyl (C=O) groups excluding carboxylic acids is 1. The zero-order chi connectivity index (χ0) is 12.5. The van der Waals surface area contributed by atoms with Crippen molar-refractivity contribution in [2.75, 3.05) is 13.1 Å². The molecule has 0 aliphatic carbocycles. The van der Waals surface area contributed by atoms with Crippen molar-refractivity contribution in [2.24, 2.45) is 9.98 Å². The second-order valence-electron chi connectivity index (χ2n) is 4.05. The van der Waals surface area contributed by atoms with Gasteiger partial charge in [0.1, 0.15) is 0 Å². The van der Waals surface area contributed by atoms with Crippen LogP contribution in [0.1, 0.15) is 15.9 Å². The van der Waals surface area contributed by atoms with Crippen LogP contribution in [0.5, 0.6) is 0 Å². The van der Waals surface area contributed by atoms with E-state index in [0.29, 0.717) is 5.56 Å². The van der Waals surface area contributed by atoms with Crippen LogP contribution >= 0.6 is 21.6 Å². The van der Waals surface area contributed by atoms with Crippen LogP contribution < -0.4 is 0 Å². The van der Waals surface area contributed by atoms with Crippen molar-refractivity contribution >= 4 is 37.8 Å². The monoisotopic (exact) mass is 277 g/mol. The molecule has 2 heterocycles. The Morgan fingerprint density at radius 3 is 3.17 bits per heavy atom. The third-order valence-corrected chi connectivity index (χ3v) is 4.87. The number of fused-ring (bicyclic) bond motifs is 1. The van der Waals surface area contributed by atoms with Gasteiger partial charge in [0.15, 0.2) is 10.3 Å². The van der Waals surface area contributed by atoms with Gasteiger partial charge in [-0.25, -0.2) is 0 Å². The number of nitrogens with zero attached hydrogens (tertiary/aromatic N) is 3. The number of aliphatic imine (C=N–C) groups is 2. The Kier molecular flexibility index (Phi) is 3.13. The zero-order valence-electron chi connectivity index (χ0n) is 9.79. The molecule has 0 atom stereocenters. The molecule has 4 nitrogen and oxygen atoms in total. The zero-order valence-corrected chi connectivity index (χ0v) is 11.4. The van der Waals surface area contributed by atoms with E-state index in [-0.39, 0.29) is 5.91 Å². The normalized spacial score (nSPS) is 20.2. The molecular formula is C12H11N3OS2. The topological polar surface area (TPSA) is 45.0 Å². The number of hydrogen-bond donors (Lipinski definition) is 0. The number of aryl methyl sites for hydroxylation is 1. The Hall–Kier alpha value is -1.27. The minimum absolute atomic E-state index is 0.185. The first-order valence-corrected chi connectivity index (χ1v) is 7.75. The summed E-state index contributed by atoms with van der Waals surface area (Å²) in [4.78, 5) is 22.6. The van der Waals surface area contributed by atoms with Crippen molar-refractivity contribution in [3.8, 4) is 0 Å². The minimum Gasteiger partial charge on any atom is -0.297 e. The van der Waals surface area contributed by atoms with Gasteiger partial charge in [-0.05, 0) is 40.6 Å². The summed E-state index contributed by atoms with van der Waals surface area (Å²) in [6.45, 7) is 3.59. The third-order valence-electron chi connectivity index (χ3n) is 2.69. The minimum atomic E-state index is -0.185. The molecule has 0 aromatic heterocycles. The highest BCUT2D eigenvalue weighted by Gasteiger charge is 2.31. The molecule has 1 saturated heterocycles. The summed E-state index contributed by atoms with van der Waals surface area (Å²) in [6.07, 6.45) is 0. The number of amides is 1. The molecule has 0 spiro atoms. The summed E-state index contributed by atoms with van der Waals surface area (Å²) in [5, 5.41) is 1.72. The van der Waals surface area contributed by atoms with Gasteiger partial charge in [0, 0.05) is 12.1 Å². The van der Waals surface area contributed by atoms with Crippen molar-refractivity contribution in [3.63, 3.8) is 0 Å². The lowest BCUT2D eigenvalue weighted by atomic mass is 10.1. The molecule has 1 amide bonds. The Morgan fingerprint density at radius 1 is 1.44 bits per heavy atom. The largest absolute Gasteiger partial charge is 0.297 e. The van der Waals surface area contributed by atoms with E-state index in [2.05, 4.69) is 9.98 Å². The summed E-state index contributed by atoms with van der Waals surface area (Å²) in [6, 6.07) is 7.50. The molecule has 3 rings (SSSR count). The Bertz CT molecular complexity index is 568. The van der Waals surface area contributed by atoms with Crippen LogP contribution in [0.2, 0.25) is 0 Å². The van der Waals surface area contributed by atoms with E-state index in [1.165, 1.54) is 10.8 Å². The van der Waals surface area contributed by atoms with E-state index in [1.54, 1.807) is 16.9 Å². The number of hydrogen-bond acceptors (Lipinski definition) is 4. The molecule has 0 saturated carbocycles. The average molecular weight is 277 g/mol. The molecule has 18 heavy (non-hydrogen) atoms. The fourth-order valence-corrected chi connectivity index (χ4v) is 4.07. The molecule has 1 aromatic rings. The van der Waals surface area contributed by atoms with Crippen molar-refractivity contribution in [3.05, 3.63) is 35.4 Å². The van der Waals surface area contributed by atoms with Crippen LogP contribution in [0.3, 0.4) is 0 Å². The number of rotatable bonds is 1. The molecule has 0 bridgehead atoms. The van der Waals surface area contributed by atoms with E-state index in [0.717, 1.165) is 29.0 Å². The van der Waals surface area contributed by atoms with Crippen LogP contribution in [0.15, 0.2) is 34.3 Å². The van der Waals surface area contributed by atoms with Gasteiger partial charge < -0.3 is 0 Å². The summed E-state index contributed by atoms with van der Waals surface area (Å²) in [5.41, 5.74) is 1.70. The molecular weight excluding hydrogens is 266 g/mol. The van der Waals surface area contributed by atoms with Gasteiger partial charge in [0.05, 0.1) is 6.54 Å². The smallest absolute Gasteiger partial charge is 0.279 e. The molecule has 0 unspecified atom stereocenters. The lowest BCUT2D eigenvalue weighted by molar-refractivity contribution is 0.100. The lowest BCUT2D eigenvalue weighted by Crippen LogP contribution is -2.26. The Balaban J connectivity index is 1.84. The second-order valence-corrected chi connectivity index (χ2v) is 6.12. The molecule has 0 radical (unpaired) electrons. The van der Waals surface area contributed by atoms with Crippen molar-refractivity contribution in [1.82, 2.24) is 4.90 Å². The molecule has 1 aromatic carbocycles. The first-order chi connectivity index (χ1) is 8.74. The fourth-order valence-electron chi connectivity index (χ4n) is 1.80. The van der Waals surface area contributed by atoms with E-state index in [4.69, 9.17) is 0 Å². The Morgan fingerprint density at radius 2 is 2.33 bits per heavy atom. The van der Waals surface area contributed by atoms with Gasteiger partial charge in [-0.1, -0.05) is 17.7 Å². The van der Waals surface area contributed by atoms with Gasteiger partial charge >= 0.3 is 0 Å². The van der Waals surface area contributed by atoms with Gasteiger partial charge in [-0.2, -0.15) is 4.99 Å². The predicted octanol–water partition coefficient (Wildman–Crippen LogP) is 2.56. The van der Waals surface area contributed by atoms with Crippen LogP contribution in [0, 0.1) is 6.92 Å². The highest BCUT2D eigenvalue weighted by Crippen LogP contribution is 2.38.